The molecule has 56 heavy (non-hydrogen) atoms. The van der Waals surface area contributed by atoms with Crippen LogP contribution in [0.25, 0.3) is 22.2 Å². The molecule has 3 aromatic carbocycles. The number of rotatable bonds is 9. The van der Waals surface area contributed by atoms with Crippen molar-refractivity contribution < 1.29 is 22.7 Å². The first kappa shape index (κ1) is 37.4. The van der Waals surface area contributed by atoms with E-state index in [1.807, 2.05) is 18.2 Å². The summed E-state index contributed by atoms with van der Waals surface area (Å²) in [5.74, 6) is 0.774. The van der Waals surface area contributed by atoms with Gasteiger partial charge in [-0.3, -0.25) is 14.5 Å². The predicted octanol–water partition coefficient (Wildman–Crippen LogP) is 6.74. The summed E-state index contributed by atoms with van der Waals surface area (Å²) in [5, 5.41) is 0.396. The fourth-order valence-corrected chi connectivity index (χ4v) is 11.7. The Morgan fingerprint density at radius 3 is 2.38 bits per heavy atom. The number of carbonyl (C=O) groups is 2. The minimum atomic E-state index is -3.84. The second-order valence-corrected chi connectivity index (χ2v) is 19.5. The van der Waals surface area contributed by atoms with Gasteiger partial charge < -0.3 is 19.1 Å². The largest absolute Gasteiger partial charge is 0.497 e. The molecular weight excluding hydrogens is 723 g/mol. The van der Waals surface area contributed by atoms with Gasteiger partial charge in [-0.05, 0) is 92.6 Å². The zero-order valence-electron chi connectivity index (χ0n) is 33.2. The molecule has 2 saturated heterocycles. The van der Waals surface area contributed by atoms with Crippen molar-refractivity contribution in [3.8, 4) is 17.0 Å². The van der Waals surface area contributed by atoms with Gasteiger partial charge in [0.25, 0.3) is 5.91 Å². The summed E-state index contributed by atoms with van der Waals surface area (Å²) in [7, 11) is 0.0409. The number of sulfonamides is 1. The Hall–Kier alpha value is -4.19. The molecule has 11 heteroatoms. The molecule has 4 aromatic rings. The Morgan fingerprint density at radius 2 is 1.68 bits per heavy atom. The Balaban J connectivity index is 1.16. The highest BCUT2D eigenvalue weighted by Gasteiger charge is 2.65. The number of carbonyl (C=O) groups excluding carboxylic acids is 2. The molecule has 0 spiro atoms. The van der Waals surface area contributed by atoms with Crippen LogP contribution in [-0.2, 0) is 27.9 Å². The highest BCUT2D eigenvalue weighted by Crippen LogP contribution is 2.66. The van der Waals surface area contributed by atoms with Gasteiger partial charge in [-0.1, -0.05) is 62.6 Å². The normalized spacial score (nSPS) is 25.8. The molecule has 1 aromatic heterocycles. The second kappa shape index (κ2) is 14.3. The smallest absolute Gasteiger partial charge is 0.264 e. The van der Waals surface area contributed by atoms with E-state index in [2.05, 4.69) is 73.5 Å². The quantitative estimate of drug-likeness (QED) is 0.201. The summed E-state index contributed by atoms with van der Waals surface area (Å²) in [4.78, 5) is 36.5. The Labute approximate surface area is 331 Å². The molecule has 2 aliphatic carbocycles. The number of methoxy groups -OCH3 is 1. The molecule has 2 amide bonds. The van der Waals surface area contributed by atoms with E-state index >= 15 is 4.79 Å². The minimum absolute atomic E-state index is 0.0298. The van der Waals surface area contributed by atoms with Crippen LogP contribution in [-0.4, -0.2) is 97.2 Å². The highest BCUT2D eigenvalue weighted by molar-refractivity contribution is 7.90. The van der Waals surface area contributed by atoms with Gasteiger partial charge in [-0.2, -0.15) is 0 Å². The minimum Gasteiger partial charge on any atom is -0.497 e. The van der Waals surface area contributed by atoms with Gasteiger partial charge >= 0.3 is 0 Å². The molecule has 1 N–H and O–H groups in total. The summed E-state index contributed by atoms with van der Waals surface area (Å²) in [5.41, 5.74) is 6.57. The number of aromatic nitrogens is 1. The van der Waals surface area contributed by atoms with Crippen LogP contribution in [0.4, 0.5) is 0 Å². The standard InChI is InChI=1S/C45H55N5O5S/c1-5-29(2)56(53,54)46-43(51)32-16-18-37-40(20-32)49-28-45(44(52)50-33-24-47(3)25-34(50)27-48(26-33)23-30-12-8-6-9-13-30)22-39(45)38-21-35(55-4)17-19-36(38)42(49)41(37)31-14-10-7-11-15-31/h6,8-9,12-13,16-21,29,31,33-34,39H,5,7,10-11,14-15,22-28H2,1-4H3,(H,46,51). The predicted molar refractivity (Wildman–Crippen MR) is 219 cm³/mol. The van der Waals surface area contributed by atoms with Gasteiger partial charge in [0.1, 0.15) is 5.75 Å². The lowest BCUT2D eigenvalue weighted by atomic mass is 9.81. The van der Waals surface area contributed by atoms with Crippen molar-refractivity contribution >= 4 is 32.7 Å². The highest BCUT2D eigenvalue weighted by atomic mass is 32.2. The molecule has 5 aliphatic rings. The van der Waals surface area contributed by atoms with E-state index in [4.69, 9.17) is 4.74 Å². The lowest BCUT2D eigenvalue weighted by Crippen LogP contribution is -2.70. The molecule has 296 valence electrons. The molecule has 2 bridgehead atoms. The van der Waals surface area contributed by atoms with Gasteiger partial charge in [-0.25, -0.2) is 13.1 Å². The first-order valence-electron chi connectivity index (χ1n) is 20.7. The second-order valence-electron chi connectivity index (χ2n) is 17.4. The lowest BCUT2D eigenvalue weighted by Gasteiger charge is -2.53. The first-order chi connectivity index (χ1) is 27.0. The average Bonchev–Trinajstić information content (AvgIpc) is 3.87. The number of fused-ring (bicyclic) bond motifs is 9. The third kappa shape index (κ3) is 6.34. The van der Waals surface area contributed by atoms with Crippen LogP contribution in [0, 0.1) is 5.41 Å². The van der Waals surface area contributed by atoms with Crippen LogP contribution in [0.5, 0.6) is 5.75 Å². The lowest BCUT2D eigenvalue weighted by molar-refractivity contribution is -0.152. The summed E-state index contributed by atoms with van der Waals surface area (Å²) in [6.45, 7) is 8.11. The Morgan fingerprint density at radius 1 is 0.946 bits per heavy atom. The van der Waals surface area contributed by atoms with Gasteiger partial charge in [0.2, 0.25) is 15.9 Å². The summed E-state index contributed by atoms with van der Waals surface area (Å²) in [6, 6.07) is 22.8. The molecule has 0 radical (unpaired) electrons. The Kier molecular flexibility index (Phi) is 9.56. The van der Waals surface area contributed by atoms with Crippen LogP contribution in [0.3, 0.4) is 0 Å². The van der Waals surface area contributed by atoms with Crippen molar-refractivity contribution in [2.24, 2.45) is 5.41 Å². The molecule has 9 rings (SSSR count). The van der Waals surface area contributed by atoms with Crippen molar-refractivity contribution in [3.05, 3.63) is 89.0 Å². The van der Waals surface area contributed by atoms with E-state index in [1.165, 1.54) is 36.0 Å². The summed E-state index contributed by atoms with van der Waals surface area (Å²) >= 11 is 0. The van der Waals surface area contributed by atoms with Gasteiger partial charge in [0, 0.05) is 67.2 Å². The molecular formula is C45H55N5O5S. The van der Waals surface area contributed by atoms with Crippen molar-refractivity contribution in [1.82, 2.24) is 24.0 Å². The number of ether oxygens (including phenoxy) is 1. The molecule has 3 aliphatic heterocycles. The van der Waals surface area contributed by atoms with Gasteiger partial charge in [0.05, 0.1) is 35.6 Å². The monoisotopic (exact) mass is 777 g/mol. The zero-order chi connectivity index (χ0) is 38.9. The van der Waals surface area contributed by atoms with E-state index in [0.29, 0.717) is 24.4 Å². The van der Waals surface area contributed by atoms with E-state index in [1.54, 1.807) is 27.0 Å². The number of likely N-dealkylation sites (N-methyl/N-ethyl adjacent to an activating group) is 1. The van der Waals surface area contributed by atoms with Crippen LogP contribution in [0.2, 0.25) is 0 Å². The molecule has 10 nitrogen and oxygen atoms in total. The molecule has 2 saturated carbocycles. The van der Waals surface area contributed by atoms with Gasteiger partial charge in [-0.15, -0.1) is 0 Å². The van der Waals surface area contributed by atoms with Crippen molar-refractivity contribution in [2.45, 2.75) is 101 Å². The van der Waals surface area contributed by atoms with Crippen molar-refractivity contribution in [3.63, 3.8) is 0 Å². The van der Waals surface area contributed by atoms with E-state index in [-0.39, 0.29) is 23.9 Å². The number of nitrogens with one attached hydrogen (secondary N) is 1. The van der Waals surface area contributed by atoms with Crippen molar-refractivity contribution in [1.29, 1.82) is 0 Å². The average molecular weight is 778 g/mol. The Bertz CT molecular complexity index is 2270. The molecule has 4 heterocycles. The topological polar surface area (TPSA) is 104 Å². The maximum atomic E-state index is 15.6. The van der Waals surface area contributed by atoms with Crippen LogP contribution < -0.4 is 9.46 Å². The fraction of sp³-hybridized carbons (Fsp3) is 0.511. The SMILES string of the molecule is CCC(C)S(=O)(=O)NC(=O)c1ccc2c(C3CCCCC3)c3n(c2c1)CC1(C(=O)N2C4CN(C)CC2CN(Cc2ccccc2)C4)CC1c1cc(OC)ccc1-3. The van der Waals surface area contributed by atoms with Gasteiger partial charge in [0.15, 0.2) is 0 Å². The maximum absolute atomic E-state index is 15.6. The van der Waals surface area contributed by atoms with Crippen LogP contribution >= 0.6 is 0 Å². The molecule has 4 fully saturated rings. The van der Waals surface area contributed by atoms with Crippen LogP contribution in [0.15, 0.2) is 66.7 Å². The van der Waals surface area contributed by atoms with E-state index in [9.17, 15) is 13.2 Å². The number of hydrogen-bond donors (Lipinski definition) is 1. The summed E-state index contributed by atoms with van der Waals surface area (Å²) in [6.07, 6.45) is 6.88. The van der Waals surface area contributed by atoms with E-state index in [0.717, 1.165) is 79.9 Å². The molecule has 5 atom stereocenters. The third-order valence-electron chi connectivity index (χ3n) is 13.8. The first-order valence-corrected chi connectivity index (χ1v) is 22.2. The number of amides is 2. The fourth-order valence-electron chi connectivity index (χ4n) is 10.7. The number of hydrogen-bond acceptors (Lipinski definition) is 7. The number of nitrogens with zero attached hydrogens (tertiary/aromatic N) is 4. The summed E-state index contributed by atoms with van der Waals surface area (Å²) < 4.78 is 36.6. The van der Waals surface area contributed by atoms with Crippen LogP contribution in [0.1, 0.15) is 97.7 Å². The van der Waals surface area contributed by atoms with E-state index < -0.39 is 26.6 Å². The number of benzene rings is 3. The zero-order valence-corrected chi connectivity index (χ0v) is 34.0. The third-order valence-corrected chi connectivity index (χ3v) is 15.7. The molecule has 5 unspecified atom stereocenters. The maximum Gasteiger partial charge on any atom is 0.264 e. The van der Waals surface area contributed by atoms with Crippen molar-refractivity contribution in [2.75, 3.05) is 40.3 Å². The number of piperazine rings is 2.